The fraction of sp³-hybridized carbons (Fsp3) is 0.0714. The Morgan fingerprint density at radius 2 is 1.03 bits per heavy atom. The maximum Gasteiger partial charge on any atom is 0.244 e. The lowest BCUT2D eigenvalue weighted by Gasteiger charge is -2.01. The average molecular weight is 433 g/mol. The van der Waals surface area contributed by atoms with Gasteiger partial charge in [0.25, 0.3) is 0 Å². The molecule has 4 aromatic rings. The first-order valence-electron chi connectivity index (χ1n) is 10.7. The van der Waals surface area contributed by atoms with Crippen molar-refractivity contribution in [2.45, 2.75) is 13.1 Å². The average Bonchev–Trinajstić information content (AvgIpc) is 2.87. The van der Waals surface area contributed by atoms with E-state index in [2.05, 4.69) is 15.1 Å². The lowest BCUT2D eigenvalue weighted by atomic mass is 10.2. The van der Waals surface area contributed by atoms with Crippen LogP contribution in [-0.2, 0) is 13.1 Å². The van der Waals surface area contributed by atoms with Crippen LogP contribution in [0.4, 0.5) is 11.4 Å². The second kappa shape index (κ2) is 11.3. The second-order valence-electron chi connectivity index (χ2n) is 7.47. The SMILES string of the molecule is [O-][N+](=Nc1ccc(C=NCc2ccccc2)cc1)c1ccc(C=NCc2ccccc2)cc1. The predicted octanol–water partition coefficient (Wildman–Crippen LogP) is 6.85. The van der Waals surface area contributed by atoms with Gasteiger partial charge in [0.15, 0.2) is 0 Å². The van der Waals surface area contributed by atoms with Crippen LogP contribution < -0.4 is 0 Å². The Labute approximate surface area is 193 Å². The molecule has 0 amide bonds. The van der Waals surface area contributed by atoms with E-state index in [1.165, 1.54) is 0 Å². The molecule has 0 unspecified atom stereocenters. The van der Waals surface area contributed by atoms with E-state index in [9.17, 15) is 5.21 Å². The minimum Gasteiger partial charge on any atom is -0.594 e. The molecule has 4 aromatic carbocycles. The molecule has 0 aromatic heterocycles. The summed E-state index contributed by atoms with van der Waals surface area (Å²) >= 11 is 0. The van der Waals surface area contributed by atoms with Crippen molar-refractivity contribution in [1.82, 2.24) is 0 Å². The van der Waals surface area contributed by atoms with E-state index < -0.39 is 0 Å². The smallest absolute Gasteiger partial charge is 0.244 e. The van der Waals surface area contributed by atoms with E-state index in [-0.39, 0.29) is 0 Å². The van der Waals surface area contributed by atoms with Crippen LogP contribution in [0.3, 0.4) is 0 Å². The van der Waals surface area contributed by atoms with Gasteiger partial charge in [0.2, 0.25) is 5.69 Å². The fourth-order valence-electron chi connectivity index (χ4n) is 3.16. The lowest BCUT2D eigenvalue weighted by Crippen LogP contribution is -1.91. The molecule has 0 N–H and O–H groups in total. The lowest BCUT2D eigenvalue weighted by molar-refractivity contribution is -0.435. The fourth-order valence-corrected chi connectivity index (χ4v) is 3.16. The molecular weight excluding hydrogens is 408 g/mol. The van der Waals surface area contributed by atoms with E-state index in [1.807, 2.05) is 91.1 Å². The molecule has 5 heteroatoms. The van der Waals surface area contributed by atoms with Gasteiger partial charge in [-0.15, -0.1) is 0 Å². The zero-order valence-corrected chi connectivity index (χ0v) is 18.2. The van der Waals surface area contributed by atoms with E-state index in [1.54, 1.807) is 30.5 Å². The molecule has 0 atom stereocenters. The largest absolute Gasteiger partial charge is 0.594 e. The van der Waals surface area contributed by atoms with Crippen LogP contribution in [0.25, 0.3) is 0 Å². The highest BCUT2D eigenvalue weighted by Crippen LogP contribution is 2.18. The van der Waals surface area contributed by atoms with Crippen molar-refractivity contribution >= 4 is 23.8 Å². The zero-order valence-electron chi connectivity index (χ0n) is 18.2. The third-order valence-corrected chi connectivity index (χ3v) is 4.93. The van der Waals surface area contributed by atoms with Gasteiger partial charge in [-0.1, -0.05) is 77.7 Å². The number of rotatable bonds is 8. The summed E-state index contributed by atoms with van der Waals surface area (Å²) in [5.74, 6) is 0. The minimum absolute atomic E-state index is 0.462. The third kappa shape index (κ3) is 6.80. The van der Waals surface area contributed by atoms with Gasteiger partial charge in [0.05, 0.1) is 13.1 Å². The van der Waals surface area contributed by atoms with E-state index in [0.717, 1.165) is 22.3 Å². The highest BCUT2D eigenvalue weighted by atomic mass is 16.5. The maximum atomic E-state index is 12.4. The molecule has 0 radical (unpaired) electrons. The first kappa shape index (κ1) is 21.8. The Bertz CT molecular complexity index is 1230. The molecule has 0 aliphatic carbocycles. The summed E-state index contributed by atoms with van der Waals surface area (Å²) in [6.07, 6.45) is 3.63. The molecule has 0 bridgehead atoms. The number of nitrogens with zero attached hydrogens (tertiary/aromatic N) is 4. The van der Waals surface area contributed by atoms with Crippen LogP contribution in [0.15, 0.2) is 124 Å². The quantitative estimate of drug-likeness (QED) is 0.130. The van der Waals surface area contributed by atoms with Crippen LogP contribution in [0.2, 0.25) is 0 Å². The molecular formula is C28H24N4O. The third-order valence-electron chi connectivity index (χ3n) is 4.93. The van der Waals surface area contributed by atoms with Crippen molar-refractivity contribution in [2.75, 3.05) is 0 Å². The van der Waals surface area contributed by atoms with Gasteiger partial charge in [0.1, 0.15) is 5.69 Å². The second-order valence-corrected chi connectivity index (χ2v) is 7.47. The number of aliphatic imine (C=N–C) groups is 2. The van der Waals surface area contributed by atoms with E-state index in [0.29, 0.717) is 29.3 Å². The highest BCUT2D eigenvalue weighted by Gasteiger charge is 2.04. The normalized spacial score (nSPS) is 11.9. The molecule has 5 nitrogen and oxygen atoms in total. The van der Waals surface area contributed by atoms with Gasteiger partial charge in [-0.3, -0.25) is 9.98 Å². The number of hydrogen-bond acceptors (Lipinski definition) is 4. The predicted molar refractivity (Wildman–Crippen MR) is 134 cm³/mol. The maximum absolute atomic E-state index is 12.4. The van der Waals surface area contributed by atoms with E-state index >= 15 is 0 Å². The van der Waals surface area contributed by atoms with Crippen molar-refractivity contribution < 1.29 is 4.86 Å². The molecule has 0 heterocycles. The van der Waals surface area contributed by atoms with Gasteiger partial charge in [-0.2, -0.15) is 0 Å². The molecule has 162 valence electrons. The van der Waals surface area contributed by atoms with Gasteiger partial charge in [0, 0.05) is 29.7 Å². The Hall–Kier alpha value is -4.38. The molecule has 0 saturated carbocycles. The standard InChI is InChI=1S/C28H24N4O/c33-32(28-17-13-26(14-18-28)22-30-20-24-9-5-2-6-10-24)31-27-15-11-25(12-16-27)21-29-19-23-7-3-1-4-8-23/h1-18,21-22H,19-20H2. The van der Waals surface area contributed by atoms with Gasteiger partial charge in [-0.05, 0) is 46.5 Å². The van der Waals surface area contributed by atoms with Crippen molar-refractivity contribution in [3.8, 4) is 0 Å². The molecule has 0 fully saturated rings. The first-order valence-corrected chi connectivity index (χ1v) is 10.7. The Kier molecular flexibility index (Phi) is 7.48. The van der Waals surface area contributed by atoms with Crippen LogP contribution in [-0.4, -0.2) is 17.3 Å². The first-order chi connectivity index (χ1) is 16.3. The van der Waals surface area contributed by atoms with E-state index in [4.69, 9.17) is 0 Å². The topological polar surface area (TPSA) is 63.1 Å². The number of azo groups is 1. The molecule has 4 rings (SSSR count). The summed E-state index contributed by atoms with van der Waals surface area (Å²) in [5.41, 5.74) is 5.25. The highest BCUT2D eigenvalue weighted by molar-refractivity contribution is 5.80. The molecule has 0 aliphatic heterocycles. The van der Waals surface area contributed by atoms with Crippen LogP contribution in [0, 0.1) is 5.21 Å². The van der Waals surface area contributed by atoms with Crippen molar-refractivity contribution in [1.29, 1.82) is 0 Å². The summed E-state index contributed by atoms with van der Waals surface area (Å²) in [6.45, 7) is 1.26. The number of hydrogen-bond donors (Lipinski definition) is 0. The molecule has 0 saturated heterocycles. The van der Waals surface area contributed by atoms with Crippen molar-refractivity contribution in [3.63, 3.8) is 0 Å². The van der Waals surface area contributed by atoms with Crippen molar-refractivity contribution in [2.24, 2.45) is 15.1 Å². The van der Waals surface area contributed by atoms with Crippen LogP contribution in [0.1, 0.15) is 22.3 Å². The van der Waals surface area contributed by atoms with Crippen LogP contribution in [0.5, 0.6) is 0 Å². The van der Waals surface area contributed by atoms with Crippen LogP contribution >= 0.6 is 0 Å². The van der Waals surface area contributed by atoms with Gasteiger partial charge < -0.3 is 5.21 Å². The Balaban J connectivity index is 1.33. The molecule has 0 aliphatic rings. The van der Waals surface area contributed by atoms with Gasteiger partial charge >= 0.3 is 0 Å². The summed E-state index contributed by atoms with van der Waals surface area (Å²) in [4.78, 5) is 9.54. The summed E-state index contributed by atoms with van der Waals surface area (Å²) in [7, 11) is 0. The monoisotopic (exact) mass is 432 g/mol. The zero-order chi connectivity index (χ0) is 22.7. The molecule has 0 spiro atoms. The minimum atomic E-state index is 0.462. The Morgan fingerprint density at radius 1 is 0.576 bits per heavy atom. The number of benzene rings is 4. The van der Waals surface area contributed by atoms with Crippen molar-refractivity contribution in [3.05, 3.63) is 137 Å². The van der Waals surface area contributed by atoms with Gasteiger partial charge in [-0.25, -0.2) is 0 Å². The summed E-state index contributed by atoms with van der Waals surface area (Å²) in [6, 6.07) is 34.8. The molecule has 33 heavy (non-hydrogen) atoms. The summed E-state index contributed by atoms with van der Waals surface area (Å²) < 4.78 is 0. The Morgan fingerprint density at radius 3 is 1.52 bits per heavy atom. The summed E-state index contributed by atoms with van der Waals surface area (Å²) in [5, 5.41) is 16.6.